The van der Waals surface area contributed by atoms with Crippen LogP contribution < -0.4 is 0 Å². The van der Waals surface area contributed by atoms with Crippen LogP contribution in [-0.2, 0) is 6.42 Å². The van der Waals surface area contributed by atoms with E-state index in [2.05, 4.69) is 6.92 Å². The number of unbranched alkanes of at least 4 members (excludes halogenated alkanes) is 1. The van der Waals surface area contributed by atoms with E-state index in [1.165, 1.54) is 6.42 Å². The monoisotopic (exact) mass is 190 g/mol. The molecule has 1 aromatic heterocycles. The fourth-order valence-corrected chi connectivity index (χ4v) is 1.55. The molecule has 0 saturated heterocycles. The first-order chi connectivity index (χ1) is 6.79. The minimum absolute atomic E-state index is 0.258. The second kappa shape index (κ2) is 3.74. The molecule has 0 unspecified atom stereocenters. The standard InChI is InChI=1S/C12H14O2/c1-2-3-4-11-7-9-5-6-10(13)8-12(9)14-11/h5-8,13H,2-4H2,1H3. The predicted molar refractivity (Wildman–Crippen MR) is 56.5 cm³/mol. The molecule has 0 fully saturated rings. The topological polar surface area (TPSA) is 33.4 Å². The zero-order valence-electron chi connectivity index (χ0n) is 8.29. The summed E-state index contributed by atoms with van der Waals surface area (Å²) in [6.45, 7) is 2.16. The van der Waals surface area contributed by atoms with E-state index < -0.39 is 0 Å². The van der Waals surface area contributed by atoms with Crippen LogP contribution in [0.3, 0.4) is 0 Å². The highest BCUT2D eigenvalue weighted by atomic mass is 16.3. The lowest BCUT2D eigenvalue weighted by Crippen LogP contribution is -1.78. The van der Waals surface area contributed by atoms with E-state index in [-0.39, 0.29) is 5.75 Å². The Morgan fingerprint density at radius 3 is 2.93 bits per heavy atom. The highest BCUT2D eigenvalue weighted by Crippen LogP contribution is 2.24. The van der Waals surface area contributed by atoms with Crippen LogP contribution in [0.25, 0.3) is 11.0 Å². The molecule has 0 amide bonds. The fourth-order valence-electron chi connectivity index (χ4n) is 1.55. The first-order valence-corrected chi connectivity index (χ1v) is 5.01. The molecule has 0 aliphatic carbocycles. The number of fused-ring (bicyclic) bond motifs is 1. The molecule has 0 atom stereocenters. The van der Waals surface area contributed by atoms with E-state index in [0.29, 0.717) is 0 Å². The highest BCUT2D eigenvalue weighted by Gasteiger charge is 2.03. The maximum absolute atomic E-state index is 9.26. The normalized spacial score (nSPS) is 10.9. The second-order valence-electron chi connectivity index (χ2n) is 3.54. The summed E-state index contributed by atoms with van der Waals surface area (Å²) < 4.78 is 5.59. The minimum atomic E-state index is 0.258. The van der Waals surface area contributed by atoms with Crippen LogP contribution >= 0.6 is 0 Å². The first-order valence-electron chi connectivity index (χ1n) is 5.01. The molecule has 2 rings (SSSR count). The molecule has 2 heteroatoms. The molecule has 14 heavy (non-hydrogen) atoms. The summed E-state index contributed by atoms with van der Waals surface area (Å²) in [4.78, 5) is 0. The summed E-state index contributed by atoms with van der Waals surface area (Å²) in [6, 6.07) is 7.26. The van der Waals surface area contributed by atoms with Gasteiger partial charge in [-0.15, -0.1) is 0 Å². The summed E-state index contributed by atoms with van der Waals surface area (Å²) in [6.07, 6.45) is 3.29. The van der Waals surface area contributed by atoms with Crippen LogP contribution in [0.2, 0.25) is 0 Å². The molecule has 0 radical (unpaired) electrons. The summed E-state index contributed by atoms with van der Waals surface area (Å²) >= 11 is 0. The maximum atomic E-state index is 9.26. The third-order valence-corrected chi connectivity index (χ3v) is 2.33. The van der Waals surface area contributed by atoms with Gasteiger partial charge in [-0.3, -0.25) is 0 Å². The van der Waals surface area contributed by atoms with Gasteiger partial charge in [0.05, 0.1) is 0 Å². The van der Waals surface area contributed by atoms with Crippen LogP contribution in [0.15, 0.2) is 28.7 Å². The van der Waals surface area contributed by atoms with Gasteiger partial charge in [-0.05, 0) is 24.6 Å². The van der Waals surface area contributed by atoms with Gasteiger partial charge in [-0.1, -0.05) is 13.3 Å². The number of rotatable bonds is 3. The van der Waals surface area contributed by atoms with Gasteiger partial charge in [0.2, 0.25) is 0 Å². The molecule has 2 nitrogen and oxygen atoms in total. The molecule has 0 aliphatic heterocycles. The van der Waals surface area contributed by atoms with Gasteiger partial charge in [0.25, 0.3) is 0 Å². The van der Waals surface area contributed by atoms with Crippen LogP contribution in [0, 0.1) is 0 Å². The van der Waals surface area contributed by atoms with Crippen molar-refractivity contribution >= 4 is 11.0 Å². The number of phenols is 1. The van der Waals surface area contributed by atoms with Crippen molar-refractivity contribution in [2.24, 2.45) is 0 Å². The van der Waals surface area contributed by atoms with E-state index in [0.717, 1.165) is 29.6 Å². The Labute approximate surface area is 83.2 Å². The molecule has 1 aromatic carbocycles. The Balaban J connectivity index is 2.32. The summed E-state index contributed by atoms with van der Waals surface area (Å²) in [7, 11) is 0. The third kappa shape index (κ3) is 1.74. The van der Waals surface area contributed by atoms with Gasteiger partial charge in [0.1, 0.15) is 17.1 Å². The van der Waals surface area contributed by atoms with Crippen molar-refractivity contribution in [2.45, 2.75) is 26.2 Å². The first kappa shape index (κ1) is 9.13. The Morgan fingerprint density at radius 2 is 2.14 bits per heavy atom. The van der Waals surface area contributed by atoms with E-state index in [1.54, 1.807) is 12.1 Å². The third-order valence-electron chi connectivity index (χ3n) is 2.33. The molecule has 1 heterocycles. The molecule has 0 spiro atoms. The highest BCUT2D eigenvalue weighted by molar-refractivity contribution is 5.79. The Kier molecular flexibility index (Phi) is 2.44. The van der Waals surface area contributed by atoms with Crippen molar-refractivity contribution in [1.82, 2.24) is 0 Å². The van der Waals surface area contributed by atoms with E-state index in [1.807, 2.05) is 12.1 Å². The molecular formula is C12H14O2. The lowest BCUT2D eigenvalue weighted by atomic mass is 10.2. The Hall–Kier alpha value is -1.44. The number of furan rings is 1. The molecule has 2 aromatic rings. The lowest BCUT2D eigenvalue weighted by Gasteiger charge is -1.91. The van der Waals surface area contributed by atoms with Gasteiger partial charge >= 0.3 is 0 Å². The van der Waals surface area contributed by atoms with Gasteiger partial charge < -0.3 is 9.52 Å². The number of aromatic hydroxyl groups is 1. The van der Waals surface area contributed by atoms with Crippen LogP contribution in [0.4, 0.5) is 0 Å². The van der Waals surface area contributed by atoms with Crippen molar-refractivity contribution in [3.8, 4) is 5.75 Å². The summed E-state index contributed by atoms with van der Waals surface area (Å²) in [5.41, 5.74) is 0.774. The molecule has 0 aliphatic rings. The van der Waals surface area contributed by atoms with Crippen LogP contribution in [0.1, 0.15) is 25.5 Å². The quantitative estimate of drug-likeness (QED) is 0.803. The maximum Gasteiger partial charge on any atom is 0.137 e. The Bertz CT molecular complexity index is 429. The number of hydrogen-bond donors (Lipinski definition) is 1. The molecule has 0 bridgehead atoms. The SMILES string of the molecule is CCCCc1cc2ccc(O)cc2o1. The van der Waals surface area contributed by atoms with Crippen molar-refractivity contribution in [3.05, 3.63) is 30.0 Å². The number of aryl methyl sites for hydroxylation is 1. The zero-order chi connectivity index (χ0) is 9.97. The molecule has 1 N–H and O–H groups in total. The fraction of sp³-hybridized carbons (Fsp3) is 0.333. The van der Waals surface area contributed by atoms with Gasteiger partial charge in [-0.2, -0.15) is 0 Å². The summed E-state index contributed by atoms with van der Waals surface area (Å²) in [5.74, 6) is 1.27. The van der Waals surface area contributed by atoms with E-state index in [4.69, 9.17) is 4.42 Å². The van der Waals surface area contributed by atoms with Crippen molar-refractivity contribution in [2.75, 3.05) is 0 Å². The second-order valence-corrected chi connectivity index (χ2v) is 3.54. The van der Waals surface area contributed by atoms with Gasteiger partial charge in [0, 0.05) is 17.9 Å². The summed E-state index contributed by atoms with van der Waals surface area (Å²) in [5, 5.41) is 10.3. The van der Waals surface area contributed by atoms with Gasteiger partial charge in [0.15, 0.2) is 0 Å². The predicted octanol–water partition coefficient (Wildman–Crippen LogP) is 3.48. The minimum Gasteiger partial charge on any atom is -0.508 e. The van der Waals surface area contributed by atoms with E-state index >= 15 is 0 Å². The number of hydrogen-bond acceptors (Lipinski definition) is 2. The largest absolute Gasteiger partial charge is 0.508 e. The Morgan fingerprint density at radius 1 is 1.29 bits per heavy atom. The number of benzene rings is 1. The molecule has 0 saturated carbocycles. The van der Waals surface area contributed by atoms with Crippen molar-refractivity contribution in [1.29, 1.82) is 0 Å². The van der Waals surface area contributed by atoms with E-state index in [9.17, 15) is 5.11 Å². The average Bonchev–Trinajstić information content (AvgIpc) is 2.56. The van der Waals surface area contributed by atoms with Crippen molar-refractivity contribution in [3.63, 3.8) is 0 Å². The van der Waals surface area contributed by atoms with Gasteiger partial charge in [-0.25, -0.2) is 0 Å². The average molecular weight is 190 g/mol. The van der Waals surface area contributed by atoms with Crippen LogP contribution in [0.5, 0.6) is 5.75 Å². The molecular weight excluding hydrogens is 176 g/mol. The van der Waals surface area contributed by atoms with Crippen molar-refractivity contribution < 1.29 is 9.52 Å². The lowest BCUT2D eigenvalue weighted by molar-refractivity contribution is 0.473. The smallest absolute Gasteiger partial charge is 0.137 e. The van der Waals surface area contributed by atoms with Crippen LogP contribution in [-0.4, -0.2) is 5.11 Å². The zero-order valence-corrected chi connectivity index (χ0v) is 8.29. The number of phenolic OH excluding ortho intramolecular Hbond substituents is 1. The molecule has 74 valence electrons.